The van der Waals surface area contributed by atoms with Crippen molar-refractivity contribution in [2.75, 3.05) is 0 Å². The Labute approximate surface area is 174 Å². The molecule has 0 spiro atoms. The molecule has 1 heterocycles. The molecule has 0 aliphatic heterocycles. The Morgan fingerprint density at radius 2 is 1.79 bits per heavy atom. The fourth-order valence-corrected chi connectivity index (χ4v) is 3.27. The predicted octanol–water partition coefficient (Wildman–Crippen LogP) is 5.75. The van der Waals surface area contributed by atoms with Gasteiger partial charge in [-0.1, -0.05) is 69.5 Å². The number of carbonyl (C=O) groups excluding carboxylic acids is 1. The average Bonchev–Trinajstić information content (AvgIpc) is 2.65. The molecule has 0 saturated carbocycles. The topological polar surface area (TPSA) is 65.8 Å². The van der Waals surface area contributed by atoms with Gasteiger partial charge in [-0.05, 0) is 43.9 Å². The van der Waals surface area contributed by atoms with Gasteiger partial charge in [0.2, 0.25) is 0 Å². The molecule has 2 aromatic rings. The molecule has 4 nitrogen and oxygen atoms in total. The molecule has 0 atom stereocenters. The molecule has 1 amide bonds. The summed E-state index contributed by atoms with van der Waals surface area (Å²) in [4.78, 5) is 17.2. The molecule has 1 aromatic carbocycles. The lowest BCUT2D eigenvalue weighted by atomic mass is 9.86. The third-order valence-electron chi connectivity index (χ3n) is 4.74. The second kappa shape index (κ2) is 9.52. The molecule has 4 heteroatoms. The number of aromatic nitrogens is 1. The van der Waals surface area contributed by atoms with E-state index in [9.17, 15) is 10.1 Å². The molecule has 152 valence electrons. The fraction of sp³-hybridized carbons (Fsp3) is 0.400. The van der Waals surface area contributed by atoms with E-state index in [1.54, 1.807) is 12.3 Å². The first-order chi connectivity index (χ1) is 13.7. The summed E-state index contributed by atoms with van der Waals surface area (Å²) in [6, 6.07) is 12.0. The summed E-state index contributed by atoms with van der Waals surface area (Å²) in [5.41, 5.74) is 5.13. The minimum Gasteiger partial charge on any atom is -0.322 e. The molecule has 2 rings (SSSR count). The van der Waals surface area contributed by atoms with Crippen LogP contribution in [0.5, 0.6) is 0 Å². The van der Waals surface area contributed by atoms with E-state index in [-0.39, 0.29) is 5.91 Å². The number of aryl methyl sites for hydroxylation is 3. The van der Waals surface area contributed by atoms with Crippen molar-refractivity contribution in [3.63, 3.8) is 0 Å². The van der Waals surface area contributed by atoms with Gasteiger partial charge in [0, 0.05) is 17.3 Å². The number of nitriles is 1. The average molecular weight is 390 g/mol. The summed E-state index contributed by atoms with van der Waals surface area (Å²) < 4.78 is 0. The highest BCUT2D eigenvalue weighted by molar-refractivity contribution is 5.95. The number of benzene rings is 1. The Hall–Kier alpha value is -2.93. The van der Waals surface area contributed by atoms with Gasteiger partial charge in [0.1, 0.15) is 11.8 Å². The fourth-order valence-electron chi connectivity index (χ4n) is 3.27. The first kappa shape index (κ1) is 22.4. The van der Waals surface area contributed by atoms with Crippen molar-refractivity contribution in [1.29, 1.82) is 5.26 Å². The zero-order valence-electron chi connectivity index (χ0n) is 18.4. The lowest BCUT2D eigenvalue weighted by molar-refractivity contribution is 0.0953. The standard InChI is InChI=1S/C25H31N3O/c1-7-8-9-19-10-11-22(27-16-19)24(29)28-23(25(4,5)6)21(15-26)20-13-17(2)12-18(3)14-20/h10-14,16H,7-9H2,1-6H3,(H,28,29)/b23-21-. The molecular formula is C25H31N3O. The Morgan fingerprint density at radius 3 is 2.28 bits per heavy atom. The first-order valence-corrected chi connectivity index (χ1v) is 10.2. The maximum Gasteiger partial charge on any atom is 0.274 e. The van der Waals surface area contributed by atoms with Crippen molar-refractivity contribution >= 4 is 11.5 Å². The second-order valence-electron chi connectivity index (χ2n) is 8.60. The number of nitrogens with one attached hydrogen (secondary N) is 1. The SMILES string of the molecule is CCCCc1ccc(C(=O)N/C(=C(/C#N)c2cc(C)cc(C)c2)C(C)(C)C)nc1. The molecule has 0 bridgehead atoms. The van der Waals surface area contributed by atoms with Crippen LogP contribution in [-0.4, -0.2) is 10.9 Å². The quantitative estimate of drug-likeness (QED) is 0.640. The van der Waals surface area contributed by atoms with Crippen LogP contribution in [0.4, 0.5) is 0 Å². The van der Waals surface area contributed by atoms with Gasteiger partial charge in [-0.3, -0.25) is 9.78 Å². The number of nitrogens with zero attached hydrogens (tertiary/aromatic N) is 2. The monoisotopic (exact) mass is 389 g/mol. The van der Waals surface area contributed by atoms with E-state index in [2.05, 4.69) is 29.4 Å². The van der Waals surface area contributed by atoms with Crippen molar-refractivity contribution in [1.82, 2.24) is 10.3 Å². The van der Waals surface area contributed by atoms with Gasteiger partial charge in [0.25, 0.3) is 5.91 Å². The Balaban J connectivity index is 2.41. The number of hydrogen-bond acceptors (Lipinski definition) is 3. The lowest BCUT2D eigenvalue weighted by Gasteiger charge is -2.25. The second-order valence-corrected chi connectivity index (χ2v) is 8.60. The van der Waals surface area contributed by atoms with Crippen LogP contribution in [0.3, 0.4) is 0 Å². The summed E-state index contributed by atoms with van der Waals surface area (Å²) >= 11 is 0. The van der Waals surface area contributed by atoms with E-state index in [1.165, 1.54) is 0 Å². The molecule has 29 heavy (non-hydrogen) atoms. The van der Waals surface area contributed by atoms with Crippen molar-refractivity contribution in [3.8, 4) is 6.07 Å². The molecule has 0 unspecified atom stereocenters. The Kier molecular flexibility index (Phi) is 7.34. The van der Waals surface area contributed by atoms with E-state index in [4.69, 9.17) is 0 Å². The number of hydrogen-bond donors (Lipinski definition) is 1. The molecule has 0 saturated heterocycles. The van der Waals surface area contributed by atoms with Gasteiger partial charge in [0.15, 0.2) is 0 Å². The zero-order chi connectivity index (χ0) is 21.6. The third kappa shape index (κ3) is 6.02. The summed E-state index contributed by atoms with van der Waals surface area (Å²) in [5.74, 6) is -0.297. The summed E-state index contributed by atoms with van der Waals surface area (Å²) in [7, 11) is 0. The van der Waals surface area contributed by atoms with E-state index >= 15 is 0 Å². The maximum atomic E-state index is 12.9. The van der Waals surface area contributed by atoms with Crippen LogP contribution in [0.2, 0.25) is 0 Å². The number of rotatable bonds is 6. The number of pyridine rings is 1. The predicted molar refractivity (Wildman–Crippen MR) is 118 cm³/mol. The van der Waals surface area contributed by atoms with Crippen LogP contribution in [0, 0.1) is 30.6 Å². The Bertz CT molecular complexity index is 921. The Morgan fingerprint density at radius 1 is 1.14 bits per heavy atom. The zero-order valence-corrected chi connectivity index (χ0v) is 18.4. The highest BCUT2D eigenvalue weighted by Gasteiger charge is 2.25. The highest BCUT2D eigenvalue weighted by atomic mass is 16.1. The van der Waals surface area contributed by atoms with E-state index < -0.39 is 5.41 Å². The number of carbonyl (C=O) groups is 1. The van der Waals surface area contributed by atoms with Crippen LogP contribution in [0.1, 0.15) is 73.3 Å². The van der Waals surface area contributed by atoms with Gasteiger partial charge in [0.05, 0.1) is 5.57 Å². The van der Waals surface area contributed by atoms with Crippen molar-refractivity contribution in [2.24, 2.45) is 5.41 Å². The van der Waals surface area contributed by atoms with Gasteiger partial charge in [-0.25, -0.2) is 0 Å². The van der Waals surface area contributed by atoms with Crippen molar-refractivity contribution < 1.29 is 4.79 Å². The number of unbranched alkanes of at least 4 members (excludes halogenated alkanes) is 1. The van der Waals surface area contributed by atoms with Crippen LogP contribution in [-0.2, 0) is 6.42 Å². The third-order valence-corrected chi connectivity index (χ3v) is 4.74. The van der Waals surface area contributed by atoms with Crippen LogP contribution in [0.25, 0.3) is 5.57 Å². The molecule has 0 radical (unpaired) electrons. The van der Waals surface area contributed by atoms with E-state index in [0.717, 1.165) is 41.5 Å². The highest BCUT2D eigenvalue weighted by Crippen LogP contribution is 2.31. The van der Waals surface area contributed by atoms with Gasteiger partial charge in [-0.15, -0.1) is 0 Å². The van der Waals surface area contributed by atoms with Gasteiger partial charge < -0.3 is 5.32 Å². The van der Waals surface area contributed by atoms with Crippen molar-refractivity contribution in [2.45, 2.75) is 60.8 Å². The number of amides is 1. The molecule has 0 fully saturated rings. The summed E-state index contributed by atoms with van der Waals surface area (Å²) in [6.45, 7) is 12.1. The molecule has 1 aromatic heterocycles. The molecule has 0 aliphatic carbocycles. The summed E-state index contributed by atoms with van der Waals surface area (Å²) in [6.07, 6.45) is 4.95. The molecular weight excluding hydrogens is 358 g/mol. The largest absolute Gasteiger partial charge is 0.322 e. The van der Waals surface area contributed by atoms with E-state index in [1.807, 2.05) is 52.8 Å². The number of allylic oxidation sites excluding steroid dienone is 2. The van der Waals surface area contributed by atoms with Gasteiger partial charge in [-0.2, -0.15) is 5.26 Å². The molecule has 0 aliphatic rings. The van der Waals surface area contributed by atoms with Crippen LogP contribution < -0.4 is 5.32 Å². The van der Waals surface area contributed by atoms with Crippen molar-refractivity contribution in [3.05, 3.63) is 70.2 Å². The first-order valence-electron chi connectivity index (χ1n) is 10.2. The smallest absolute Gasteiger partial charge is 0.274 e. The normalized spacial score (nSPS) is 12.2. The van der Waals surface area contributed by atoms with E-state index in [0.29, 0.717) is 17.0 Å². The minimum atomic E-state index is -0.417. The lowest BCUT2D eigenvalue weighted by Crippen LogP contribution is -2.31. The molecule has 1 N–H and O–H groups in total. The summed E-state index contributed by atoms with van der Waals surface area (Å²) in [5, 5.41) is 12.9. The minimum absolute atomic E-state index is 0.297. The van der Waals surface area contributed by atoms with Crippen LogP contribution >= 0.6 is 0 Å². The van der Waals surface area contributed by atoms with Gasteiger partial charge >= 0.3 is 0 Å². The maximum absolute atomic E-state index is 12.9. The van der Waals surface area contributed by atoms with Crippen LogP contribution in [0.15, 0.2) is 42.2 Å².